The molecule has 0 aliphatic carbocycles. The van der Waals surface area contributed by atoms with Crippen molar-refractivity contribution in [3.05, 3.63) is 40.9 Å². The number of hydrogen-bond donors (Lipinski definition) is 1. The van der Waals surface area contributed by atoms with Gasteiger partial charge in [-0.1, -0.05) is 12.1 Å². The van der Waals surface area contributed by atoms with Gasteiger partial charge in [0, 0.05) is 5.38 Å². The Bertz CT molecular complexity index is 640. The van der Waals surface area contributed by atoms with E-state index in [1.165, 1.54) is 18.4 Å². The number of carbonyl (C=O) groups is 1. The van der Waals surface area contributed by atoms with Gasteiger partial charge in [-0.25, -0.2) is 9.78 Å². The van der Waals surface area contributed by atoms with Crippen molar-refractivity contribution in [2.24, 2.45) is 5.10 Å². The molecule has 7 heteroatoms. The number of benzene rings is 1. The molecule has 1 aromatic carbocycles. The Balaban J connectivity index is 1.92. The molecule has 0 amide bonds. The van der Waals surface area contributed by atoms with Gasteiger partial charge in [-0.2, -0.15) is 5.10 Å². The summed E-state index contributed by atoms with van der Waals surface area (Å²) >= 11 is 1.49. The van der Waals surface area contributed by atoms with Gasteiger partial charge < -0.3 is 9.47 Å². The topological polar surface area (TPSA) is 72.8 Å². The fourth-order valence-corrected chi connectivity index (χ4v) is 2.09. The summed E-state index contributed by atoms with van der Waals surface area (Å²) in [5.74, 6) is 0.157. The number of methoxy groups -OCH3 is 1. The lowest BCUT2D eigenvalue weighted by atomic mass is 10.2. The highest BCUT2D eigenvalue weighted by Gasteiger charge is 2.02. The molecule has 0 atom stereocenters. The monoisotopic (exact) mass is 305 g/mol. The quantitative estimate of drug-likeness (QED) is 0.504. The Kier molecular flexibility index (Phi) is 5.28. The van der Waals surface area contributed by atoms with Crippen LogP contribution in [0.15, 0.2) is 34.7 Å². The summed E-state index contributed by atoms with van der Waals surface area (Å²) in [5, 5.41) is 6.78. The highest BCUT2D eigenvalue weighted by atomic mass is 32.1. The summed E-state index contributed by atoms with van der Waals surface area (Å²) in [5.41, 5.74) is 4.65. The van der Waals surface area contributed by atoms with Gasteiger partial charge in [-0.3, -0.25) is 5.43 Å². The predicted octanol–water partition coefficient (Wildman–Crippen LogP) is 2.45. The van der Waals surface area contributed by atoms with E-state index in [9.17, 15) is 4.79 Å². The summed E-state index contributed by atoms with van der Waals surface area (Å²) in [6, 6.07) is 7.24. The second-order valence-electron chi connectivity index (χ2n) is 4.10. The largest absolute Gasteiger partial charge is 0.482 e. The number of hydrazone groups is 1. The number of anilines is 1. The number of rotatable bonds is 6. The summed E-state index contributed by atoms with van der Waals surface area (Å²) in [6.07, 6.45) is 1.65. The Labute approximate surface area is 126 Å². The fraction of sp³-hybridized carbons (Fsp3) is 0.214. The van der Waals surface area contributed by atoms with E-state index >= 15 is 0 Å². The lowest BCUT2D eigenvalue weighted by molar-refractivity contribution is -0.142. The molecule has 110 valence electrons. The van der Waals surface area contributed by atoms with E-state index < -0.39 is 5.97 Å². The highest BCUT2D eigenvalue weighted by molar-refractivity contribution is 7.13. The number of esters is 1. The average Bonchev–Trinajstić information content (AvgIpc) is 2.91. The lowest BCUT2D eigenvalue weighted by Crippen LogP contribution is -2.12. The first kappa shape index (κ1) is 15.0. The number of ether oxygens (including phenoxy) is 2. The van der Waals surface area contributed by atoms with Gasteiger partial charge in [0.25, 0.3) is 0 Å². The second kappa shape index (κ2) is 7.39. The standard InChI is InChI=1S/C14H15N3O3S/c1-10-9-21-14(16-10)17-15-7-11-4-3-5-12(6-11)20-8-13(18)19-2/h3-7,9H,8H2,1-2H3,(H,16,17). The fourth-order valence-electron chi connectivity index (χ4n) is 1.45. The summed E-state index contributed by atoms with van der Waals surface area (Å²) in [6.45, 7) is 1.81. The normalized spacial score (nSPS) is 10.6. The zero-order chi connectivity index (χ0) is 15.1. The van der Waals surface area contributed by atoms with Gasteiger partial charge >= 0.3 is 5.97 Å². The lowest BCUT2D eigenvalue weighted by Gasteiger charge is -2.04. The van der Waals surface area contributed by atoms with Gasteiger partial charge in [-0.05, 0) is 24.6 Å². The Morgan fingerprint density at radius 1 is 1.52 bits per heavy atom. The van der Waals surface area contributed by atoms with Crippen LogP contribution < -0.4 is 10.2 Å². The summed E-state index contributed by atoms with van der Waals surface area (Å²) in [7, 11) is 1.32. The predicted molar refractivity (Wildman–Crippen MR) is 82.0 cm³/mol. The third-order valence-corrected chi connectivity index (χ3v) is 3.30. The summed E-state index contributed by atoms with van der Waals surface area (Å²) in [4.78, 5) is 15.2. The van der Waals surface area contributed by atoms with Gasteiger partial charge in [0.1, 0.15) is 5.75 Å². The van der Waals surface area contributed by atoms with E-state index in [1.807, 2.05) is 24.4 Å². The molecule has 0 bridgehead atoms. The maximum Gasteiger partial charge on any atom is 0.343 e. The van der Waals surface area contributed by atoms with Crippen LogP contribution in [-0.4, -0.2) is 30.9 Å². The van der Waals surface area contributed by atoms with Gasteiger partial charge in [0.15, 0.2) is 6.61 Å². The molecule has 2 aromatic rings. The van der Waals surface area contributed by atoms with E-state index in [0.717, 1.165) is 16.4 Å². The molecule has 0 saturated carbocycles. The van der Waals surface area contributed by atoms with Crippen molar-refractivity contribution in [3.8, 4) is 5.75 Å². The van der Waals surface area contributed by atoms with Gasteiger partial charge in [0.05, 0.1) is 19.0 Å². The van der Waals surface area contributed by atoms with Crippen molar-refractivity contribution < 1.29 is 14.3 Å². The van der Waals surface area contributed by atoms with Crippen LogP contribution in [0.4, 0.5) is 5.13 Å². The van der Waals surface area contributed by atoms with Crippen LogP contribution in [-0.2, 0) is 9.53 Å². The minimum atomic E-state index is -0.421. The van der Waals surface area contributed by atoms with Crippen LogP contribution in [0.1, 0.15) is 11.3 Å². The van der Waals surface area contributed by atoms with Crippen molar-refractivity contribution in [1.29, 1.82) is 0 Å². The number of aromatic nitrogens is 1. The molecule has 0 unspecified atom stereocenters. The molecule has 1 N–H and O–H groups in total. The second-order valence-corrected chi connectivity index (χ2v) is 4.96. The van der Waals surface area contributed by atoms with E-state index in [1.54, 1.807) is 18.3 Å². The maximum atomic E-state index is 11.0. The number of thiazole rings is 1. The number of nitrogens with zero attached hydrogens (tertiary/aromatic N) is 2. The van der Waals surface area contributed by atoms with Crippen LogP contribution in [0.2, 0.25) is 0 Å². The molecule has 21 heavy (non-hydrogen) atoms. The van der Waals surface area contributed by atoms with Crippen molar-refractivity contribution in [1.82, 2.24) is 4.98 Å². The van der Waals surface area contributed by atoms with Crippen molar-refractivity contribution >= 4 is 28.7 Å². The Hall–Kier alpha value is -2.41. The maximum absolute atomic E-state index is 11.0. The van der Waals surface area contributed by atoms with Gasteiger partial charge in [-0.15, -0.1) is 11.3 Å². The minimum absolute atomic E-state index is 0.117. The molecule has 0 aliphatic rings. The Morgan fingerprint density at radius 2 is 2.38 bits per heavy atom. The van der Waals surface area contributed by atoms with Crippen LogP contribution in [0.5, 0.6) is 5.75 Å². The molecule has 0 radical (unpaired) electrons. The van der Waals surface area contributed by atoms with E-state index in [-0.39, 0.29) is 6.61 Å². The van der Waals surface area contributed by atoms with Crippen LogP contribution >= 0.6 is 11.3 Å². The van der Waals surface area contributed by atoms with Crippen LogP contribution in [0.25, 0.3) is 0 Å². The van der Waals surface area contributed by atoms with Crippen molar-refractivity contribution in [2.75, 3.05) is 19.1 Å². The van der Waals surface area contributed by atoms with Crippen molar-refractivity contribution in [2.45, 2.75) is 6.92 Å². The zero-order valence-electron chi connectivity index (χ0n) is 11.7. The molecule has 0 aliphatic heterocycles. The molecule has 2 rings (SSSR count). The van der Waals surface area contributed by atoms with E-state index in [0.29, 0.717) is 5.75 Å². The average molecular weight is 305 g/mol. The number of hydrogen-bond acceptors (Lipinski definition) is 7. The smallest absolute Gasteiger partial charge is 0.343 e. The van der Waals surface area contributed by atoms with Crippen LogP contribution in [0, 0.1) is 6.92 Å². The molecule has 0 fully saturated rings. The molecule has 6 nitrogen and oxygen atoms in total. The first-order valence-corrected chi connectivity index (χ1v) is 7.06. The number of nitrogens with one attached hydrogen (secondary N) is 1. The first-order chi connectivity index (χ1) is 10.2. The third kappa shape index (κ3) is 4.88. The Morgan fingerprint density at radius 3 is 3.10 bits per heavy atom. The molecule has 0 spiro atoms. The van der Waals surface area contributed by atoms with Crippen molar-refractivity contribution in [3.63, 3.8) is 0 Å². The number of carbonyl (C=O) groups excluding carboxylic acids is 1. The SMILES string of the molecule is COC(=O)COc1cccc(C=NNc2nc(C)cs2)c1. The molecular formula is C14H15N3O3S. The summed E-state index contributed by atoms with van der Waals surface area (Å²) < 4.78 is 9.81. The third-order valence-electron chi connectivity index (χ3n) is 2.44. The first-order valence-electron chi connectivity index (χ1n) is 6.18. The van der Waals surface area contributed by atoms with Crippen LogP contribution in [0.3, 0.4) is 0 Å². The highest BCUT2D eigenvalue weighted by Crippen LogP contribution is 2.15. The van der Waals surface area contributed by atoms with E-state index in [4.69, 9.17) is 4.74 Å². The minimum Gasteiger partial charge on any atom is -0.482 e. The number of aryl methyl sites for hydroxylation is 1. The zero-order valence-corrected chi connectivity index (χ0v) is 12.5. The molecular weight excluding hydrogens is 290 g/mol. The molecule has 1 heterocycles. The van der Waals surface area contributed by atoms with Gasteiger partial charge in [0.2, 0.25) is 5.13 Å². The molecule has 1 aromatic heterocycles. The molecule has 0 saturated heterocycles. The van der Waals surface area contributed by atoms with E-state index in [2.05, 4.69) is 20.2 Å².